The molecule has 0 aliphatic rings. The molecule has 0 saturated carbocycles. The molecule has 0 amide bonds. The van der Waals surface area contributed by atoms with Gasteiger partial charge in [-0.1, -0.05) is 12.1 Å². The van der Waals surface area contributed by atoms with Crippen molar-refractivity contribution >= 4 is 12.0 Å². The van der Waals surface area contributed by atoms with E-state index in [1.807, 2.05) is 38.1 Å². The Bertz CT molecular complexity index is 388. The number of aliphatic carboxylic acids is 1. The highest BCUT2D eigenvalue weighted by molar-refractivity contribution is 5.91. The summed E-state index contributed by atoms with van der Waals surface area (Å²) in [5.74, 6) is -0.109. The van der Waals surface area contributed by atoms with Crippen molar-refractivity contribution in [1.82, 2.24) is 0 Å². The van der Waals surface area contributed by atoms with E-state index in [0.717, 1.165) is 11.3 Å². The van der Waals surface area contributed by atoms with Crippen LogP contribution >= 0.6 is 0 Å². The monoisotopic (exact) mass is 220 g/mol. The van der Waals surface area contributed by atoms with E-state index in [1.165, 1.54) is 0 Å². The highest BCUT2D eigenvalue weighted by Crippen LogP contribution is 2.15. The summed E-state index contributed by atoms with van der Waals surface area (Å²) in [6, 6.07) is 7.34. The Labute approximate surface area is 95.4 Å². The van der Waals surface area contributed by atoms with Crippen molar-refractivity contribution in [3.05, 3.63) is 35.4 Å². The van der Waals surface area contributed by atoms with E-state index in [2.05, 4.69) is 0 Å². The fourth-order valence-electron chi connectivity index (χ4n) is 1.23. The summed E-state index contributed by atoms with van der Waals surface area (Å²) >= 11 is 0. The smallest absolute Gasteiger partial charge is 0.331 e. The van der Waals surface area contributed by atoms with Gasteiger partial charge in [-0.15, -0.1) is 0 Å². The zero-order valence-corrected chi connectivity index (χ0v) is 9.73. The Hall–Kier alpha value is -1.77. The van der Waals surface area contributed by atoms with Gasteiger partial charge >= 0.3 is 5.97 Å². The Morgan fingerprint density at radius 1 is 1.31 bits per heavy atom. The number of hydrogen-bond acceptors (Lipinski definition) is 2. The molecular weight excluding hydrogens is 204 g/mol. The molecular formula is C13H16O3. The lowest BCUT2D eigenvalue weighted by molar-refractivity contribution is -0.132. The average molecular weight is 220 g/mol. The molecule has 0 aliphatic carbocycles. The second-order valence-corrected chi connectivity index (χ2v) is 3.87. The molecule has 0 bridgehead atoms. The summed E-state index contributed by atoms with van der Waals surface area (Å²) in [5.41, 5.74) is 1.17. The van der Waals surface area contributed by atoms with E-state index in [4.69, 9.17) is 9.84 Å². The lowest BCUT2D eigenvalue weighted by atomic mass is 10.1. The standard InChI is InChI=1S/C13H16O3/c1-9(2)16-12-6-4-11(5-7-12)8-10(3)13(14)15/h4-9H,1-3H3,(H,14,15)/b10-8+. The van der Waals surface area contributed by atoms with Crippen molar-refractivity contribution < 1.29 is 14.6 Å². The largest absolute Gasteiger partial charge is 0.491 e. The third-order valence-electron chi connectivity index (χ3n) is 1.97. The maximum Gasteiger partial charge on any atom is 0.331 e. The van der Waals surface area contributed by atoms with E-state index in [-0.39, 0.29) is 6.10 Å². The molecule has 0 aliphatic heterocycles. The number of carboxylic acid groups (broad SMARTS) is 1. The van der Waals surface area contributed by atoms with Crippen molar-refractivity contribution in [2.45, 2.75) is 26.9 Å². The number of rotatable bonds is 4. The molecule has 3 nitrogen and oxygen atoms in total. The summed E-state index contributed by atoms with van der Waals surface area (Å²) < 4.78 is 5.48. The quantitative estimate of drug-likeness (QED) is 0.793. The molecule has 0 unspecified atom stereocenters. The minimum absolute atomic E-state index is 0.141. The first-order valence-corrected chi connectivity index (χ1v) is 5.17. The van der Waals surface area contributed by atoms with Gasteiger partial charge in [0.1, 0.15) is 5.75 Å². The maximum atomic E-state index is 10.6. The summed E-state index contributed by atoms with van der Waals surface area (Å²) in [5, 5.41) is 8.72. The van der Waals surface area contributed by atoms with Crippen LogP contribution in [-0.2, 0) is 4.79 Å². The van der Waals surface area contributed by atoms with Crippen LogP contribution in [0.5, 0.6) is 5.75 Å². The highest BCUT2D eigenvalue weighted by Gasteiger charge is 2.00. The first kappa shape index (κ1) is 12.3. The van der Waals surface area contributed by atoms with Crippen LogP contribution in [0, 0.1) is 0 Å². The van der Waals surface area contributed by atoms with Crippen molar-refractivity contribution in [2.75, 3.05) is 0 Å². The summed E-state index contributed by atoms with van der Waals surface area (Å²) in [7, 11) is 0. The maximum absolute atomic E-state index is 10.6. The van der Waals surface area contributed by atoms with Gasteiger partial charge in [0, 0.05) is 5.57 Å². The molecule has 0 aromatic heterocycles. The minimum Gasteiger partial charge on any atom is -0.491 e. The van der Waals surface area contributed by atoms with E-state index < -0.39 is 5.97 Å². The van der Waals surface area contributed by atoms with Gasteiger partial charge in [-0.2, -0.15) is 0 Å². The van der Waals surface area contributed by atoms with E-state index in [0.29, 0.717) is 5.57 Å². The first-order valence-electron chi connectivity index (χ1n) is 5.17. The zero-order chi connectivity index (χ0) is 12.1. The van der Waals surface area contributed by atoms with E-state index in [9.17, 15) is 4.79 Å². The molecule has 1 rings (SSSR count). The van der Waals surface area contributed by atoms with Crippen LogP contribution in [0.3, 0.4) is 0 Å². The molecule has 0 saturated heterocycles. The molecule has 1 N–H and O–H groups in total. The topological polar surface area (TPSA) is 46.5 Å². The first-order chi connectivity index (χ1) is 7.49. The van der Waals surface area contributed by atoms with Crippen molar-refractivity contribution in [2.24, 2.45) is 0 Å². The van der Waals surface area contributed by atoms with E-state index >= 15 is 0 Å². The molecule has 0 fully saturated rings. The molecule has 0 atom stereocenters. The predicted molar refractivity (Wildman–Crippen MR) is 63.5 cm³/mol. The highest BCUT2D eigenvalue weighted by atomic mass is 16.5. The molecule has 3 heteroatoms. The van der Waals surface area contributed by atoms with Crippen molar-refractivity contribution in [3.8, 4) is 5.75 Å². The lowest BCUT2D eigenvalue weighted by Crippen LogP contribution is -2.05. The van der Waals surface area contributed by atoms with Gasteiger partial charge in [-0.3, -0.25) is 0 Å². The lowest BCUT2D eigenvalue weighted by Gasteiger charge is -2.09. The van der Waals surface area contributed by atoms with Crippen LogP contribution in [0.1, 0.15) is 26.3 Å². The molecule has 86 valence electrons. The minimum atomic E-state index is -0.900. The third-order valence-corrected chi connectivity index (χ3v) is 1.97. The molecule has 16 heavy (non-hydrogen) atoms. The second kappa shape index (κ2) is 5.35. The van der Waals surface area contributed by atoms with Crippen molar-refractivity contribution in [1.29, 1.82) is 0 Å². The van der Waals surface area contributed by atoms with Gasteiger partial charge in [0.05, 0.1) is 6.10 Å². The Kier molecular flexibility index (Phi) is 4.11. The molecule has 0 heterocycles. The summed E-state index contributed by atoms with van der Waals surface area (Å²) in [4.78, 5) is 10.6. The zero-order valence-electron chi connectivity index (χ0n) is 9.73. The fraction of sp³-hybridized carbons (Fsp3) is 0.308. The van der Waals surface area contributed by atoms with Crippen LogP contribution in [-0.4, -0.2) is 17.2 Å². The summed E-state index contributed by atoms with van der Waals surface area (Å²) in [6.07, 6.45) is 1.77. The molecule has 0 spiro atoms. The van der Waals surface area contributed by atoms with E-state index in [1.54, 1.807) is 13.0 Å². The summed E-state index contributed by atoms with van der Waals surface area (Å²) in [6.45, 7) is 5.49. The van der Waals surface area contributed by atoms with Crippen LogP contribution in [0.25, 0.3) is 6.08 Å². The van der Waals surface area contributed by atoms with Crippen LogP contribution in [0.15, 0.2) is 29.8 Å². The third kappa shape index (κ3) is 3.77. The molecule has 1 aromatic carbocycles. The Balaban J connectivity index is 2.79. The normalized spacial score (nSPS) is 11.6. The number of benzene rings is 1. The van der Waals surface area contributed by atoms with Gasteiger partial charge in [0.2, 0.25) is 0 Å². The van der Waals surface area contributed by atoms with Gasteiger partial charge < -0.3 is 9.84 Å². The number of carboxylic acids is 1. The Morgan fingerprint density at radius 2 is 1.88 bits per heavy atom. The van der Waals surface area contributed by atoms with Gasteiger partial charge in [-0.05, 0) is 44.5 Å². The van der Waals surface area contributed by atoms with Crippen LogP contribution in [0.4, 0.5) is 0 Å². The van der Waals surface area contributed by atoms with Crippen LogP contribution in [0.2, 0.25) is 0 Å². The molecule has 1 aromatic rings. The van der Waals surface area contributed by atoms with Gasteiger partial charge in [0.25, 0.3) is 0 Å². The fourth-order valence-corrected chi connectivity index (χ4v) is 1.23. The SMILES string of the molecule is C/C(=C\c1ccc(OC(C)C)cc1)C(=O)O. The number of carbonyl (C=O) groups is 1. The van der Waals surface area contributed by atoms with Crippen molar-refractivity contribution in [3.63, 3.8) is 0 Å². The van der Waals surface area contributed by atoms with Crippen LogP contribution < -0.4 is 4.74 Å². The number of ether oxygens (including phenoxy) is 1. The second-order valence-electron chi connectivity index (χ2n) is 3.87. The number of hydrogen-bond donors (Lipinski definition) is 1. The molecule has 0 radical (unpaired) electrons. The predicted octanol–water partition coefficient (Wildman–Crippen LogP) is 2.96. The Morgan fingerprint density at radius 3 is 2.31 bits per heavy atom. The van der Waals surface area contributed by atoms with Gasteiger partial charge in [0.15, 0.2) is 0 Å². The average Bonchev–Trinajstić information content (AvgIpc) is 2.20. The van der Waals surface area contributed by atoms with Gasteiger partial charge in [-0.25, -0.2) is 4.79 Å².